The zero-order valence-corrected chi connectivity index (χ0v) is 13.2. The molecule has 0 fully saturated rings. The zero-order valence-electron chi connectivity index (χ0n) is 13.2. The molecule has 6 heteroatoms. The van der Waals surface area contributed by atoms with Crippen molar-refractivity contribution in [3.8, 4) is 0 Å². The Morgan fingerprint density at radius 3 is 2.65 bits per heavy atom. The fourth-order valence-electron chi connectivity index (χ4n) is 2.44. The second-order valence-corrected chi connectivity index (χ2v) is 6.03. The van der Waals surface area contributed by atoms with Crippen molar-refractivity contribution < 1.29 is 14.8 Å². The molecule has 0 aliphatic carbocycles. The number of carboxylic acids is 1. The minimum absolute atomic E-state index is 0.00608. The van der Waals surface area contributed by atoms with Crippen LogP contribution in [-0.4, -0.2) is 20.6 Å². The van der Waals surface area contributed by atoms with E-state index in [1.807, 2.05) is 6.20 Å². The number of carboxylic acid groups (broad SMARTS) is 1. The van der Waals surface area contributed by atoms with E-state index in [1.165, 1.54) is 12.1 Å². The second-order valence-electron chi connectivity index (χ2n) is 6.03. The number of aromatic carboxylic acids is 1. The molecule has 0 saturated carbocycles. The Bertz CT molecular complexity index is 719. The molecule has 23 heavy (non-hydrogen) atoms. The molecule has 2 aromatic rings. The molecule has 2 rings (SSSR count). The number of nitro benzene ring substituents is 1. The van der Waals surface area contributed by atoms with E-state index >= 15 is 0 Å². The smallest absolute Gasteiger partial charge is 0.352 e. The molecule has 0 spiro atoms. The van der Waals surface area contributed by atoms with Gasteiger partial charge in [0.1, 0.15) is 5.69 Å². The number of nitro groups is 1. The number of aryl methyl sites for hydroxylation is 1. The zero-order chi connectivity index (χ0) is 17.0. The van der Waals surface area contributed by atoms with Gasteiger partial charge in [-0.15, -0.1) is 0 Å². The first kappa shape index (κ1) is 16.7. The highest BCUT2D eigenvalue weighted by Gasteiger charge is 2.14. The summed E-state index contributed by atoms with van der Waals surface area (Å²) in [6.45, 7) is 4.54. The van der Waals surface area contributed by atoms with Gasteiger partial charge in [0.15, 0.2) is 0 Å². The quantitative estimate of drug-likeness (QED) is 0.623. The van der Waals surface area contributed by atoms with Crippen LogP contribution in [0.4, 0.5) is 5.69 Å². The van der Waals surface area contributed by atoms with Gasteiger partial charge in [-0.3, -0.25) is 10.1 Å². The molecule has 0 atom stereocenters. The lowest BCUT2D eigenvalue weighted by molar-refractivity contribution is -0.384. The van der Waals surface area contributed by atoms with Crippen LogP contribution >= 0.6 is 0 Å². The third-order valence-electron chi connectivity index (χ3n) is 3.66. The Morgan fingerprint density at radius 2 is 2.04 bits per heavy atom. The first-order valence-electron chi connectivity index (χ1n) is 7.52. The van der Waals surface area contributed by atoms with Crippen LogP contribution < -0.4 is 0 Å². The van der Waals surface area contributed by atoms with E-state index in [1.54, 1.807) is 22.8 Å². The van der Waals surface area contributed by atoms with E-state index in [9.17, 15) is 20.0 Å². The van der Waals surface area contributed by atoms with Gasteiger partial charge in [-0.1, -0.05) is 26.0 Å². The largest absolute Gasteiger partial charge is 0.477 e. The molecule has 1 aromatic heterocycles. The number of nitrogens with zero attached hydrogens (tertiary/aromatic N) is 2. The van der Waals surface area contributed by atoms with Crippen LogP contribution in [-0.2, 0) is 13.0 Å². The fourth-order valence-corrected chi connectivity index (χ4v) is 2.44. The highest BCUT2D eigenvalue weighted by atomic mass is 16.6. The number of non-ortho nitro benzene ring substituents is 1. The van der Waals surface area contributed by atoms with E-state index < -0.39 is 10.9 Å². The third-order valence-corrected chi connectivity index (χ3v) is 3.66. The minimum Gasteiger partial charge on any atom is -0.477 e. The molecule has 0 saturated heterocycles. The summed E-state index contributed by atoms with van der Waals surface area (Å²) in [5.74, 6) is -0.449. The molecule has 0 unspecified atom stereocenters. The van der Waals surface area contributed by atoms with Gasteiger partial charge >= 0.3 is 5.97 Å². The molecule has 1 N–H and O–H groups in total. The highest BCUT2D eigenvalue weighted by Crippen LogP contribution is 2.18. The molecule has 0 radical (unpaired) electrons. The van der Waals surface area contributed by atoms with E-state index in [2.05, 4.69) is 13.8 Å². The second kappa shape index (κ2) is 7.09. The van der Waals surface area contributed by atoms with E-state index in [-0.39, 0.29) is 11.4 Å². The summed E-state index contributed by atoms with van der Waals surface area (Å²) in [7, 11) is 0. The van der Waals surface area contributed by atoms with Crippen molar-refractivity contribution in [2.45, 2.75) is 33.2 Å². The van der Waals surface area contributed by atoms with Gasteiger partial charge in [-0.05, 0) is 36.0 Å². The van der Waals surface area contributed by atoms with Crippen molar-refractivity contribution in [1.29, 1.82) is 0 Å². The highest BCUT2D eigenvalue weighted by molar-refractivity contribution is 5.86. The Labute approximate surface area is 134 Å². The summed E-state index contributed by atoms with van der Waals surface area (Å²) in [4.78, 5) is 21.8. The van der Waals surface area contributed by atoms with Crippen molar-refractivity contribution >= 4 is 11.7 Å². The maximum atomic E-state index is 11.4. The lowest BCUT2D eigenvalue weighted by Crippen LogP contribution is -2.08. The molecular weight excluding hydrogens is 296 g/mol. The molecule has 1 heterocycles. The summed E-state index contributed by atoms with van der Waals surface area (Å²) < 4.78 is 1.64. The molecular formula is C17H20N2O4. The average molecular weight is 316 g/mol. The summed E-state index contributed by atoms with van der Waals surface area (Å²) in [6.07, 6.45) is 3.63. The predicted octanol–water partition coefficient (Wildman–Crippen LogP) is 3.73. The normalized spacial score (nSPS) is 10.9. The number of rotatable bonds is 7. The van der Waals surface area contributed by atoms with Crippen LogP contribution in [0, 0.1) is 16.0 Å². The first-order chi connectivity index (χ1) is 10.9. The fraction of sp³-hybridized carbons (Fsp3) is 0.353. The van der Waals surface area contributed by atoms with Crippen molar-refractivity contribution in [1.82, 2.24) is 4.57 Å². The van der Waals surface area contributed by atoms with Crippen LogP contribution in [0.25, 0.3) is 0 Å². The van der Waals surface area contributed by atoms with Crippen molar-refractivity contribution in [3.05, 3.63) is 63.5 Å². The Morgan fingerprint density at radius 1 is 1.30 bits per heavy atom. The third kappa shape index (κ3) is 4.42. The van der Waals surface area contributed by atoms with Gasteiger partial charge in [0.2, 0.25) is 0 Å². The summed E-state index contributed by atoms with van der Waals surface area (Å²) >= 11 is 0. The number of hydrogen-bond donors (Lipinski definition) is 1. The maximum Gasteiger partial charge on any atom is 0.352 e. The lowest BCUT2D eigenvalue weighted by atomic mass is 10.0. The number of benzene rings is 1. The Hall–Kier alpha value is -2.63. The van der Waals surface area contributed by atoms with Crippen LogP contribution in [0.5, 0.6) is 0 Å². The van der Waals surface area contributed by atoms with Crippen LogP contribution in [0.2, 0.25) is 0 Å². The Balaban J connectivity index is 2.25. The maximum absolute atomic E-state index is 11.4. The topological polar surface area (TPSA) is 85.4 Å². The molecule has 0 aliphatic rings. The standard InChI is InChI=1S/C17H20N2O4/c1-12(2)6-7-14-9-16(17(20)21)18(11-14)10-13-4-3-5-15(8-13)19(22)23/h3-5,8-9,11-12H,6-7,10H2,1-2H3,(H,20,21). The first-order valence-corrected chi connectivity index (χ1v) is 7.52. The van der Waals surface area contributed by atoms with Crippen molar-refractivity contribution in [2.24, 2.45) is 5.92 Å². The van der Waals surface area contributed by atoms with E-state index in [4.69, 9.17) is 0 Å². The summed E-state index contributed by atoms with van der Waals surface area (Å²) in [5, 5.41) is 20.2. The molecule has 0 bridgehead atoms. The van der Waals surface area contributed by atoms with Crippen LogP contribution in [0.15, 0.2) is 36.5 Å². The number of hydrogen-bond acceptors (Lipinski definition) is 3. The van der Waals surface area contributed by atoms with Gasteiger partial charge in [-0.25, -0.2) is 4.79 Å². The molecule has 0 aliphatic heterocycles. The predicted molar refractivity (Wildman–Crippen MR) is 86.7 cm³/mol. The van der Waals surface area contributed by atoms with Crippen molar-refractivity contribution in [3.63, 3.8) is 0 Å². The Kier molecular flexibility index (Phi) is 5.16. The van der Waals surface area contributed by atoms with Gasteiger partial charge in [0.25, 0.3) is 5.69 Å². The van der Waals surface area contributed by atoms with Crippen molar-refractivity contribution in [2.75, 3.05) is 0 Å². The summed E-state index contributed by atoms with van der Waals surface area (Å²) in [6, 6.07) is 7.94. The molecule has 122 valence electrons. The lowest BCUT2D eigenvalue weighted by Gasteiger charge is -2.06. The van der Waals surface area contributed by atoms with Gasteiger partial charge in [-0.2, -0.15) is 0 Å². The van der Waals surface area contributed by atoms with Gasteiger partial charge in [0.05, 0.1) is 4.92 Å². The van der Waals surface area contributed by atoms with Gasteiger partial charge < -0.3 is 9.67 Å². The van der Waals surface area contributed by atoms with Crippen LogP contribution in [0.1, 0.15) is 41.9 Å². The monoisotopic (exact) mass is 316 g/mol. The number of aromatic nitrogens is 1. The van der Waals surface area contributed by atoms with E-state index in [0.717, 1.165) is 18.4 Å². The SMILES string of the molecule is CC(C)CCc1cc(C(=O)O)n(Cc2cccc([N+](=O)[O-])c2)c1. The molecule has 0 amide bonds. The molecule has 6 nitrogen and oxygen atoms in total. The average Bonchev–Trinajstić information content (AvgIpc) is 2.88. The van der Waals surface area contributed by atoms with Gasteiger partial charge in [0, 0.05) is 24.9 Å². The van der Waals surface area contributed by atoms with E-state index in [0.29, 0.717) is 18.0 Å². The van der Waals surface area contributed by atoms with Crippen LogP contribution in [0.3, 0.4) is 0 Å². The minimum atomic E-state index is -0.994. The molecule has 1 aromatic carbocycles. The number of carbonyl (C=O) groups is 1. The summed E-state index contributed by atoms with van der Waals surface area (Å²) in [5.41, 5.74) is 1.89.